The number of nitrogens with two attached hydrogens (primary N) is 1. The summed E-state index contributed by atoms with van der Waals surface area (Å²) >= 11 is 0. The molecular weight excluding hydrogens is 182 g/mol. The van der Waals surface area contributed by atoms with Gasteiger partial charge in [-0.05, 0) is 6.07 Å². The quantitative estimate of drug-likeness (QED) is 0.721. The number of hydrogen-bond acceptors (Lipinski definition) is 3. The van der Waals surface area contributed by atoms with E-state index in [4.69, 9.17) is 10.8 Å². The number of alkyl halides is 2. The molecule has 3 N–H and O–H groups in total. The number of amides is 1. The molecule has 1 aromatic rings. The van der Waals surface area contributed by atoms with E-state index in [1.54, 1.807) is 0 Å². The molecule has 1 rings (SSSR count). The maximum absolute atomic E-state index is 12.1. The maximum Gasteiger partial charge on any atom is 0.271 e. The van der Waals surface area contributed by atoms with E-state index in [-0.39, 0.29) is 0 Å². The summed E-state index contributed by atoms with van der Waals surface area (Å²) in [6.07, 6.45) is -1.87. The fraction of sp³-hybridized carbons (Fsp3) is 0.143. The number of nitrogens with zero attached hydrogens (tertiary/aromatic N) is 1. The third-order valence-electron chi connectivity index (χ3n) is 1.42. The number of rotatable bonds is 2. The highest BCUT2D eigenvalue weighted by molar-refractivity contribution is 5.93. The van der Waals surface area contributed by atoms with Gasteiger partial charge in [0.2, 0.25) is 0 Å². The zero-order chi connectivity index (χ0) is 10.0. The Morgan fingerprint density at radius 3 is 2.69 bits per heavy atom. The van der Waals surface area contributed by atoms with Crippen molar-refractivity contribution < 1.29 is 18.7 Å². The zero-order valence-electron chi connectivity index (χ0n) is 6.37. The second-order valence-corrected chi connectivity index (χ2v) is 2.26. The van der Waals surface area contributed by atoms with Gasteiger partial charge < -0.3 is 10.8 Å². The third kappa shape index (κ3) is 1.71. The Labute approximate surface area is 72.0 Å². The number of carbonyl (C=O) groups is 1. The van der Waals surface area contributed by atoms with Crippen LogP contribution in [0, 0.1) is 0 Å². The molecule has 0 saturated heterocycles. The van der Waals surface area contributed by atoms with Crippen LogP contribution in [-0.4, -0.2) is 16.0 Å². The van der Waals surface area contributed by atoms with Crippen LogP contribution in [0.5, 0.6) is 5.75 Å². The van der Waals surface area contributed by atoms with E-state index in [0.717, 1.165) is 12.3 Å². The minimum Gasteiger partial charge on any atom is -0.505 e. The summed E-state index contributed by atoms with van der Waals surface area (Å²) in [5.74, 6) is -1.90. The van der Waals surface area contributed by atoms with Gasteiger partial charge in [0.05, 0.1) is 5.56 Å². The molecule has 0 aliphatic carbocycles. The minimum absolute atomic E-state index is 0.544. The molecule has 70 valence electrons. The van der Waals surface area contributed by atoms with Gasteiger partial charge in [0.1, 0.15) is 0 Å². The molecule has 0 aliphatic rings. The second kappa shape index (κ2) is 3.34. The number of aromatic nitrogens is 1. The van der Waals surface area contributed by atoms with Gasteiger partial charge in [-0.1, -0.05) is 0 Å². The van der Waals surface area contributed by atoms with Gasteiger partial charge >= 0.3 is 0 Å². The highest BCUT2D eigenvalue weighted by Crippen LogP contribution is 2.29. The van der Waals surface area contributed by atoms with Gasteiger partial charge in [-0.25, -0.2) is 13.8 Å². The zero-order valence-corrected chi connectivity index (χ0v) is 6.37. The summed E-state index contributed by atoms with van der Waals surface area (Å²) in [5, 5.41) is 9.09. The van der Waals surface area contributed by atoms with Crippen molar-refractivity contribution in [2.45, 2.75) is 6.43 Å². The van der Waals surface area contributed by atoms with Gasteiger partial charge in [-0.3, -0.25) is 4.79 Å². The van der Waals surface area contributed by atoms with E-state index in [1.165, 1.54) is 0 Å². The predicted molar refractivity (Wildman–Crippen MR) is 39.4 cm³/mol. The van der Waals surface area contributed by atoms with Crippen molar-refractivity contribution in [3.63, 3.8) is 0 Å². The van der Waals surface area contributed by atoms with Crippen molar-refractivity contribution in [1.29, 1.82) is 0 Å². The van der Waals surface area contributed by atoms with E-state index in [2.05, 4.69) is 4.98 Å². The first-order valence-electron chi connectivity index (χ1n) is 3.30. The molecule has 0 aromatic carbocycles. The number of halogens is 2. The molecule has 1 amide bonds. The Morgan fingerprint density at radius 2 is 2.23 bits per heavy atom. The van der Waals surface area contributed by atoms with Gasteiger partial charge in [0.25, 0.3) is 12.3 Å². The Kier molecular flexibility index (Phi) is 2.41. The molecule has 0 unspecified atom stereocenters. The van der Waals surface area contributed by atoms with Crippen LogP contribution in [0.1, 0.15) is 22.5 Å². The lowest BCUT2D eigenvalue weighted by molar-refractivity contribution is 0.0991. The van der Waals surface area contributed by atoms with Crippen LogP contribution in [0.25, 0.3) is 0 Å². The highest BCUT2D eigenvalue weighted by Gasteiger charge is 2.18. The molecule has 0 atom stereocenters. The van der Waals surface area contributed by atoms with Crippen molar-refractivity contribution in [2.75, 3.05) is 0 Å². The van der Waals surface area contributed by atoms with Gasteiger partial charge in [0, 0.05) is 6.20 Å². The second-order valence-electron chi connectivity index (χ2n) is 2.26. The Hall–Kier alpha value is -1.72. The lowest BCUT2D eigenvalue weighted by Crippen LogP contribution is -2.13. The highest BCUT2D eigenvalue weighted by atomic mass is 19.3. The van der Waals surface area contributed by atoms with Gasteiger partial charge in [-0.15, -0.1) is 0 Å². The maximum atomic E-state index is 12.1. The lowest BCUT2D eigenvalue weighted by atomic mass is 10.2. The average molecular weight is 188 g/mol. The first-order chi connectivity index (χ1) is 6.04. The van der Waals surface area contributed by atoms with Crippen molar-refractivity contribution in [3.8, 4) is 5.75 Å². The van der Waals surface area contributed by atoms with Crippen LogP contribution < -0.4 is 5.73 Å². The summed E-state index contributed by atoms with van der Waals surface area (Å²) < 4.78 is 24.3. The predicted octanol–water partition coefficient (Wildman–Crippen LogP) is 0.824. The van der Waals surface area contributed by atoms with E-state index < -0.39 is 29.3 Å². The third-order valence-corrected chi connectivity index (χ3v) is 1.42. The van der Waals surface area contributed by atoms with Crippen LogP contribution in [0.3, 0.4) is 0 Å². The first-order valence-corrected chi connectivity index (χ1v) is 3.30. The van der Waals surface area contributed by atoms with Crippen LogP contribution in [0.4, 0.5) is 8.78 Å². The molecular formula is C7H6F2N2O2. The van der Waals surface area contributed by atoms with E-state index in [9.17, 15) is 13.6 Å². The molecule has 0 fully saturated rings. The molecule has 0 aliphatic heterocycles. The Balaban J connectivity index is 3.26. The average Bonchev–Trinajstić information content (AvgIpc) is 2.03. The van der Waals surface area contributed by atoms with E-state index >= 15 is 0 Å². The topological polar surface area (TPSA) is 76.2 Å². The summed E-state index contributed by atoms with van der Waals surface area (Å²) in [7, 11) is 0. The number of carbonyl (C=O) groups excluding carboxylic acids is 1. The summed E-state index contributed by atoms with van der Waals surface area (Å²) in [5.41, 5.74) is 3.58. The SMILES string of the molecule is NC(=O)c1nccc(C(F)F)c1O. The molecule has 1 heterocycles. The summed E-state index contributed by atoms with van der Waals surface area (Å²) in [6, 6.07) is 0.923. The molecule has 0 bridgehead atoms. The van der Waals surface area contributed by atoms with Crippen molar-refractivity contribution in [2.24, 2.45) is 5.73 Å². The van der Waals surface area contributed by atoms with Crippen molar-refractivity contribution in [1.82, 2.24) is 4.98 Å². The molecule has 4 nitrogen and oxygen atoms in total. The standard InChI is InChI=1S/C7H6F2N2O2/c8-6(9)3-1-2-11-4(5(3)12)7(10)13/h1-2,6,12H,(H2,10,13). The smallest absolute Gasteiger partial charge is 0.271 e. The largest absolute Gasteiger partial charge is 0.505 e. The molecule has 1 aromatic heterocycles. The summed E-state index contributed by atoms with van der Waals surface area (Å²) in [4.78, 5) is 13.9. The van der Waals surface area contributed by atoms with Crippen molar-refractivity contribution in [3.05, 3.63) is 23.5 Å². The number of hydrogen-bond donors (Lipinski definition) is 2. The molecule has 6 heteroatoms. The van der Waals surface area contributed by atoms with E-state index in [0.29, 0.717) is 0 Å². The Morgan fingerprint density at radius 1 is 1.62 bits per heavy atom. The van der Waals surface area contributed by atoms with Crippen LogP contribution in [-0.2, 0) is 0 Å². The van der Waals surface area contributed by atoms with Crippen LogP contribution >= 0.6 is 0 Å². The molecule has 0 spiro atoms. The Bertz CT molecular complexity index is 341. The van der Waals surface area contributed by atoms with Gasteiger partial charge in [0.15, 0.2) is 11.4 Å². The summed E-state index contributed by atoms with van der Waals surface area (Å²) in [6.45, 7) is 0. The van der Waals surface area contributed by atoms with Crippen LogP contribution in [0.2, 0.25) is 0 Å². The van der Waals surface area contributed by atoms with Crippen molar-refractivity contribution >= 4 is 5.91 Å². The molecule has 13 heavy (non-hydrogen) atoms. The van der Waals surface area contributed by atoms with E-state index in [1.807, 2.05) is 0 Å². The number of pyridine rings is 1. The number of aromatic hydroxyl groups is 1. The van der Waals surface area contributed by atoms with Crippen LogP contribution in [0.15, 0.2) is 12.3 Å². The lowest BCUT2D eigenvalue weighted by Gasteiger charge is -2.04. The molecule has 0 radical (unpaired) electrons. The number of primary amides is 1. The monoisotopic (exact) mass is 188 g/mol. The minimum atomic E-state index is -2.86. The first kappa shape index (κ1) is 9.37. The fourth-order valence-electron chi connectivity index (χ4n) is 0.825. The van der Waals surface area contributed by atoms with Gasteiger partial charge in [-0.2, -0.15) is 0 Å². The normalized spacial score (nSPS) is 10.4. The fourth-order valence-corrected chi connectivity index (χ4v) is 0.825. The molecule has 0 saturated carbocycles.